The number of carbonyl (C=O) groups is 1. The molecule has 1 aliphatic heterocycles. The van der Waals surface area contributed by atoms with Gasteiger partial charge in [-0.05, 0) is 44.4 Å². The Labute approximate surface area is 186 Å². The van der Waals surface area contributed by atoms with Gasteiger partial charge in [0.05, 0.1) is 23.5 Å². The van der Waals surface area contributed by atoms with Crippen LogP contribution in [0.15, 0.2) is 36.7 Å². The van der Waals surface area contributed by atoms with E-state index in [1.165, 1.54) is 31.5 Å². The quantitative estimate of drug-likeness (QED) is 0.718. The minimum atomic E-state index is -4.41. The number of carbonyl (C=O) groups excluding carboxylic acids is 1. The molecule has 1 atom stereocenters. The molecule has 4 rings (SSSR count). The molecule has 0 spiro atoms. The van der Waals surface area contributed by atoms with E-state index in [4.69, 9.17) is 0 Å². The lowest BCUT2D eigenvalue weighted by Crippen LogP contribution is -2.45. The molecule has 2 aromatic rings. The Bertz CT molecular complexity index is 927. The van der Waals surface area contributed by atoms with Gasteiger partial charge in [0.25, 0.3) is 0 Å². The van der Waals surface area contributed by atoms with Gasteiger partial charge in [0.2, 0.25) is 5.91 Å². The number of hydrogen-bond acceptors (Lipinski definition) is 4. The van der Waals surface area contributed by atoms with Crippen molar-refractivity contribution < 1.29 is 18.0 Å². The van der Waals surface area contributed by atoms with Gasteiger partial charge in [0, 0.05) is 36.5 Å². The normalized spacial score (nSPS) is 20.8. The second-order valence-electron chi connectivity index (χ2n) is 8.85. The molecule has 1 aromatic carbocycles. The van der Waals surface area contributed by atoms with Crippen LogP contribution < -0.4 is 5.32 Å². The van der Waals surface area contributed by atoms with Gasteiger partial charge in [-0.15, -0.1) is 0 Å². The molecule has 1 amide bonds. The summed E-state index contributed by atoms with van der Waals surface area (Å²) in [5.41, 5.74) is 0.896. The van der Waals surface area contributed by atoms with Gasteiger partial charge in [-0.2, -0.15) is 13.2 Å². The maximum Gasteiger partial charge on any atom is 0.416 e. The Kier molecular flexibility index (Phi) is 7.08. The molecule has 1 aromatic heterocycles. The number of nitrogens with zero attached hydrogens (tertiary/aromatic N) is 3. The van der Waals surface area contributed by atoms with Crippen molar-refractivity contribution in [2.24, 2.45) is 0 Å². The van der Waals surface area contributed by atoms with Crippen molar-refractivity contribution in [3.63, 3.8) is 0 Å². The van der Waals surface area contributed by atoms with Crippen molar-refractivity contribution >= 4 is 5.91 Å². The lowest BCUT2D eigenvalue weighted by Gasteiger charge is -2.33. The fourth-order valence-electron chi connectivity index (χ4n) is 4.86. The first-order valence-corrected chi connectivity index (χ1v) is 11.4. The van der Waals surface area contributed by atoms with Crippen LogP contribution in [-0.4, -0.2) is 46.5 Å². The number of nitrogens with one attached hydrogen (secondary N) is 1. The molecular weight excluding hydrogens is 417 g/mol. The third kappa shape index (κ3) is 5.65. The fraction of sp³-hybridized carbons (Fsp3) is 0.542. The van der Waals surface area contributed by atoms with Gasteiger partial charge in [-0.25, -0.2) is 0 Å². The third-order valence-electron chi connectivity index (χ3n) is 6.42. The molecule has 5 nitrogen and oxygen atoms in total. The van der Waals surface area contributed by atoms with Crippen LogP contribution in [0.1, 0.15) is 62.1 Å². The summed E-state index contributed by atoms with van der Waals surface area (Å²) in [5, 5.41) is 3.16. The molecule has 2 aliphatic rings. The van der Waals surface area contributed by atoms with Gasteiger partial charge in [0.1, 0.15) is 0 Å². The van der Waals surface area contributed by atoms with Crippen LogP contribution >= 0.6 is 0 Å². The second-order valence-corrected chi connectivity index (χ2v) is 8.85. The first-order chi connectivity index (χ1) is 15.4. The van der Waals surface area contributed by atoms with Crippen LogP contribution in [0, 0.1) is 0 Å². The molecule has 1 aliphatic carbocycles. The van der Waals surface area contributed by atoms with Crippen LogP contribution in [0.3, 0.4) is 0 Å². The summed E-state index contributed by atoms with van der Waals surface area (Å²) in [6.07, 6.45) is 6.13. The number of benzene rings is 1. The standard InChI is InChI=1S/C24H29F3N4O/c25-24(26,27)19-8-4-6-17(14-19)22-23(29-12-11-28-22)18-7-5-13-31(15-18)16-21(32)30-20-9-2-1-3-10-20/h4,6,8,11-12,14,18,20H,1-3,5,7,9-10,13,15-16H2,(H,30,32)/t18-/m0/s1. The largest absolute Gasteiger partial charge is 0.416 e. The van der Waals surface area contributed by atoms with Crippen LogP contribution in [-0.2, 0) is 11.0 Å². The number of likely N-dealkylation sites (tertiary alicyclic amines) is 1. The number of aromatic nitrogens is 2. The van der Waals surface area contributed by atoms with E-state index >= 15 is 0 Å². The topological polar surface area (TPSA) is 58.1 Å². The van der Waals surface area contributed by atoms with Gasteiger partial charge >= 0.3 is 6.18 Å². The molecule has 2 fully saturated rings. The zero-order valence-electron chi connectivity index (χ0n) is 18.1. The second kappa shape index (κ2) is 9.98. The number of halogens is 3. The van der Waals surface area contributed by atoms with Crippen molar-refractivity contribution in [1.29, 1.82) is 0 Å². The predicted octanol–water partition coefficient (Wildman–Crippen LogP) is 4.79. The van der Waals surface area contributed by atoms with Crippen molar-refractivity contribution in [3.05, 3.63) is 47.9 Å². The molecule has 172 valence electrons. The van der Waals surface area contributed by atoms with E-state index < -0.39 is 11.7 Å². The molecule has 32 heavy (non-hydrogen) atoms. The molecule has 0 radical (unpaired) electrons. The van der Waals surface area contributed by atoms with Crippen LogP contribution in [0.5, 0.6) is 0 Å². The summed E-state index contributed by atoms with van der Waals surface area (Å²) < 4.78 is 39.6. The monoisotopic (exact) mass is 446 g/mol. The Morgan fingerprint density at radius 2 is 1.84 bits per heavy atom. The first-order valence-electron chi connectivity index (χ1n) is 11.4. The summed E-state index contributed by atoms with van der Waals surface area (Å²) >= 11 is 0. The minimum absolute atomic E-state index is 0.0180. The number of piperidine rings is 1. The van der Waals surface area contributed by atoms with E-state index in [9.17, 15) is 18.0 Å². The fourth-order valence-corrected chi connectivity index (χ4v) is 4.86. The highest BCUT2D eigenvalue weighted by Crippen LogP contribution is 2.35. The summed E-state index contributed by atoms with van der Waals surface area (Å²) in [6.45, 7) is 1.81. The lowest BCUT2D eigenvalue weighted by molar-refractivity contribution is -0.137. The highest BCUT2D eigenvalue weighted by molar-refractivity contribution is 5.78. The Morgan fingerprint density at radius 3 is 2.62 bits per heavy atom. The highest BCUT2D eigenvalue weighted by Gasteiger charge is 2.32. The molecule has 0 bridgehead atoms. The minimum Gasteiger partial charge on any atom is -0.352 e. The molecule has 1 saturated heterocycles. The number of alkyl halides is 3. The zero-order chi connectivity index (χ0) is 22.6. The maximum absolute atomic E-state index is 13.2. The zero-order valence-corrected chi connectivity index (χ0v) is 18.1. The Morgan fingerprint density at radius 1 is 1.06 bits per heavy atom. The van der Waals surface area contributed by atoms with E-state index in [0.29, 0.717) is 30.0 Å². The summed E-state index contributed by atoms with van der Waals surface area (Å²) in [4.78, 5) is 23.6. The summed E-state index contributed by atoms with van der Waals surface area (Å²) in [5.74, 6) is 0.0688. The molecule has 8 heteroatoms. The summed E-state index contributed by atoms with van der Waals surface area (Å²) in [7, 11) is 0. The van der Waals surface area contributed by atoms with Crippen molar-refractivity contribution in [2.45, 2.75) is 63.1 Å². The van der Waals surface area contributed by atoms with Crippen LogP contribution in [0.4, 0.5) is 13.2 Å². The maximum atomic E-state index is 13.2. The number of hydrogen-bond donors (Lipinski definition) is 1. The molecule has 2 heterocycles. The molecule has 0 unspecified atom stereocenters. The smallest absolute Gasteiger partial charge is 0.352 e. The number of rotatable bonds is 5. The predicted molar refractivity (Wildman–Crippen MR) is 116 cm³/mol. The lowest BCUT2D eigenvalue weighted by atomic mass is 9.91. The Balaban J connectivity index is 1.47. The van der Waals surface area contributed by atoms with E-state index in [1.54, 1.807) is 12.3 Å². The highest BCUT2D eigenvalue weighted by atomic mass is 19.4. The van der Waals surface area contributed by atoms with Gasteiger partial charge < -0.3 is 5.32 Å². The molecule has 1 saturated carbocycles. The average molecular weight is 447 g/mol. The van der Waals surface area contributed by atoms with E-state index in [2.05, 4.69) is 20.2 Å². The van der Waals surface area contributed by atoms with E-state index in [0.717, 1.165) is 44.4 Å². The van der Waals surface area contributed by atoms with Crippen molar-refractivity contribution in [1.82, 2.24) is 20.2 Å². The van der Waals surface area contributed by atoms with E-state index in [1.807, 2.05) is 0 Å². The van der Waals surface area contributed by atoms with E-state index in [-0.39, 0.29) is 17.9 Å². The average Bonchev–Trinajstić information content (AvgIpc) is 2.79. The third-order valence-corrected chi connectivity index (χ3v) is 6.42. The van der Waals surface area contributed by atoms with Crippen LogP contribution in [0.2, 0.25) is 0 Å². The molecular formula is C24H29F3N4O. The molecule has 1 N–H and O–H groups in total. The van der Waals surface area contributed by atoms with Gasteiger partial charge in [-0.3, -0.25) is 19.7 Å². The van der Waals surface area contributed by atoms with Gasteiger partial charge in [-0.1, -0.05) is 31.4 Å². The van der Waals surface area contributed by atoms with Gasteiger partial charge in [0.15, 0.2) is 0 Å². The summed E-state index contributed by atoms with van der Waals surface area (Å²) in [6, 6.07) is 5.52. The first kappa shape index (κ1) is 22.7. The number of amides is 1. The van der Waals surface area contributed by atoms with Crippen molar-refractivity contribution in [3.8, 4) is 11.3 Å². The van der Waals surface area contributed by atoms with Crippen molar-refractivity contribution in [2.75, 3.05) is 19.6 Å². The Hall–Kier alpha value is -2.48. The van der Waals surface area contributed by atoms with Crippen LogP contribution in [0.25, 0.3) is 11.3 Å². The SMILES string of the molecule is O=C(CN1CCC[C@H](c2nccnc2-c2cccc(C(F)(F)F)c2)C1)NC1CCCCC1.